The van der Waals surface area contributed by atoms with Crippen molar-refractivity contribution >= 4 is 34.5 Å². The zero-order valence-electron chi connectivity index (χ0n) is 13.7. The van der Waals surface area contributed by atoms with Gasteiger partial charge in [-0.25, -0.2) is 0 Å². The number of nitrogens with one attached hydrogen (secondary N) is 1. The molecule has 1 N–H and O–H groups in total. The number of benzodiazepines with no additional fused rings is 1. The van der Waals surface area contributed by atoms with Crippen LogP contribution in [0.1, 0.15) is 24.5 Å². The third-order valence-corrected chi connectivity index (χ3v) is 4.51. The molecule has 1 heterocycles. The number of anilines is 1. The fraction of sp³-hybridized carbons (Fsp3) is 0.211. The number of nitrogens with zero attached hydrogens (tertiary/aromatic N) is 2. The number of para-hydroxylation sites is 1. The first-order chi connectivity index (χ1) is 11.6. The Bertz CT molecular complexity index is 801. The second-order valence-corrected chi connectivity index (χ2v) is 6.00. The first kappa shape index (κ1) is 16.3. The summed E-state index contributed by atoms with van der Waals surface area (Å²) < 4.78 is 0. The van der Waals surface area contributed by atoms with Crippen LogP contribution >= 0.6 is 12.2 Å². The molecule has 5 heteroatoms. The molecule has 0 spiro atoms. The normalized spacial score (nSPS) is 16.9. The Kier molecular flexibility index (Phi) is 4.71. The highest BCUT2D eigenvalue weighted by Crippen LogP contribution is 2.27. The lowest BCUT2D eigenvalue weighted by Crippen LogP contribution is -2.44. The SMILES string of the molecule is CCC(=O)NC1N=C(c2ccccc2)c2ccccc2N(C)C1=S. The molecule has 1 amide bonds. The van der Waals surface area contributed by atoms with Crippen LogP contribution in [0, 0.1) is 0 Å². The molecule has 2 aromatic rings. The molecule has 122 valence electrons. The van der Waals surface area contributed by atoms with Crippen LogP contribution in [0.4, 0.5) is 5.69 Å². The average Bonchev–Trinajstić information content (AvgIpc) is 2.73. The summed E-state index contributed by atoms with van der Waals surface area (Å²) >= 11 is 5.59. The maximum atomic E-state index is 11.9. The van der Waals surface area contributed by atoms with Crippen molar-refractivity contribution in [1.29, 1.82) is 0 Å². The summed E-state index contributed by atoms with van der Waals surface area (Å²) in [7, 11) is 1.91. The van der Waals surface area contributed by atoms with Crippen LogP contribution in [0.25, 0.3) is 0 Å². The molecule has 0 aromatic heterocycles. The molecule has 1 atom stereocenters. The van der Waals surface area contributed by atoms with E-state index in [0.717, 1.165) is 22.5 Å². The van der Waals surface area contributed by atoms with Gasteiger partial charge < -0.3 is 10.2 Å². The van der Waals surface area contributed by atoms with Crippen molar-refractivity contribution in [3.05, 3.63) is 65.7 Å². The van der Waals surface area contributed by atoms with Crippen molar-refractivity contribution in [2.75, 3.05) is 11.9 Å². The van der Waals surface area contributed by atoms with Gasteiger partial charge in [-0.05, 0) is 6.07 Å². The first-order valence-electron chi connectivity index (χ1n) is 7.91. The van der Waals surface area contributed by atoms with Crippen molar-refractivity contribution in [2.45, 2.75) is 19.5 Å². The monoisotopic (exact) mass is 337 g/mol. The Morgan fingerprint density at radius 1 is 1.17 bits per heavy atom. The summed E-state index contributed by atoms with van der Waals surface area (Å²) in [4.78, 5) is 19.2. The number of hydrogen-bond donors (Lipinski definition) is 1. The van der Waals surface area contributed by atoms with Crippen molar-refractivity contribution in [3.8, 4) is 0 Å². The molecule has 0 saturated carbocycles. The van der Waals surface area contributed by atoms with Crippen molar-refractivity contribution < 1.29 is 4.79 Å². The third kappa shape index (κ3) is 3.08. The van der Waals surface area contributed by atoms with E-state index in [2.05, 4.69) is 5.32 Å². The van der Waals surface area contributed by atoms with E-state index in [1.54, 1.807) is 0 Å². The van der Waals surface area contributed by atoms with Crippen molar-refractivity contribution in [2.24, 2.45) is 4.99 Å². The molecule has 0 radical (unpaired) electrons. The van der Waals surface area contributed by atoms with Crippen LogP contribution in [-0.4, -0.2) is 29.8 Å². The summed E-state index contributed by atoms with van der Waals surface area (Å²) in [6.45, 7) is 1.81. The number of fused-ring (bicyclic) bond motifs is 1. The Labute approximate surface area is 147 Å². The number of carbonyl (C=O) groups is 1. The molecule has 2 aromatic carbocycles. The van der Waals surface area contributed by atoms with Gasteiger partial charge in [0.25, 0.3) is 0 Å². The number of rotatable bonds is 3. The lowest BCUT2D eigenvalue weighted by molar-refractivity contribution is -0.121. The van der Waals surface area contributed by atoms with Gasteiger partial charge in [0.15, 0.2) is 6.17 Å². The topological polar surface area (TPSA) is 44.7 Å². The van der Waals surface area contributed by atoms with E-state index in [1.165, 1.54) is 0 Å². The molecule has 1 aliphatic rings. The number of thiocarbonyl (C=S) groups is 1. The summed E-state index contributed by atoms with van der Waals surface area (Å²) in [5.41, 5.74) is 3.82. The van der Waals surface area contributed by atoms with E-state index in [0.29, 0.717) is 11.4 Å². The van der Waals surface area contributed by atoms with Crippen LogP contribution < -0.4 is 10.2 Å². The molecule has 3 rings (SSSR count). The van der Waals surface area contributed by atoms with Crippen molar-refractivity contribution in [1.82, 2.24) is 5.32 Å². The highest BCUT2D eigenvalue weighted by Gasteiger charge is 2.27. The van der Waals surface area contributed by atoms with E-state index >= 15 is 0 Å². The zero-order valence-corrected chi connectivity index (χ0v) is 14.5. The molecule has 0 saturated heterocycles. The number of aliphatic imine (C=N–C) groups is 1. The Morgan fingerprint density at radius 2 is 1.83 bits per heavy atom. The highest BCUT2D eigenvalue weighted by molar-refractivity contribution is 7.80. The third-order valence-electron chi connectivity index (χ3n) is 4.01. The minimum Gasteiger partial charge on any atom is -0.335 e. The van der Waals surface area contributed by atoms with Gasteiger partial charge in [-0.2, -0.15) is 0 Å². The fourth-order valence-electron chi connectivity index (χ4n) is 2.70. The second-order valence-electron chi connectivity index (χ2n) is 5.58. The highest BCUT2D eigenvalue weighted by atomic mass is 32.1. The fourth-order valence-corrected chi connectivity index (χ4v) is 2.91. The summed E-state index contributed by atoms with van der Waals surface area (Å²) in [6.07, 6.45) is -0.161. The van der Waals surface area contributed by atoms with Gasteiger partial charge in [0.1, 0.15) is 4.99 Å². The second kappa shape index (κ2) is 6.93. The molecule has 24 heavy (non-hydrogen) atoms. The molecule has 1 unspecified atom stereocenters. The molecular weight excluding hydrogens is 318 g/mol. The summed E-state index contributed by atoms with van der Waals surface area (Å²) in [5.74, 6) is -0.0714. The van der Waals surface area contributed by atoms with Gasteiger partial charge in [0, 0.05) is 24.6 Å². The number of likely N-dealkylation sites (N-methyl/N-ethyl adjacent to an activating group) is 1. The maximum Gasteiger partial charge on any atom is 0.221 e. The number of amides is 1. The smallest absolute Gasteiger partial charge is 0.221 e. The van der Waals surface area contributed by atoms with Crippen LogP contribution in [0.3, 0.4) is 0 Å². The predicted octanol–water partition coefficient (Wildman–Crippen LogP) is 3.15. The molecule has 0 aliphatic carbocycles. The van der Waals surface area contributed by atoms with Crippen molar-refractivity contribution in [3.63, 3.8) is 0 Å². The van der Waals surface area contributed by atoms with Crippen LogP contribution in [0.15, 0.2) is 59.6 Å². The largest absolute Gasteiger partial charge is 0.335 e. The molecule has 0 bridgehead atoms. The van der Waals surface area contributed by atoms with E-state index in [1.807, 2.05) is 73.5 Å². The lowest BCUT2D eigenvalue weighted by Gasteiger charge is -2.23. The van der Waals surface area contributed by atoms with Crippen LogP contribution in [0.2, 0.25) is 0 Å². The first-order valence-corrected chi connectivity index (χ1v) is 8.32. The Hall–Kier alpha value is -2.53. The molecular formula is C19H19N3OS. The van der Waals surface area contributed by atoms with E-state index in [4.69, 9.17) is 17.2 Å². The Balaban J connectivity index is 2.16. The van der Waals surface area contributed by atoms with E-state index in [9.17, 15) is 4.79 Å². The average molecular weight is 337 g/mol. The van der Waals surface area contributed by atoms with Gasteiger partial charge in [-0.1, -0.05) is 67.7 Å². The van der Waals surface area contributed by atoms with E-state index < -0.39 is 6.17 Å². The predicted molar refractivity (Wildman–Crippen MR) is 102 cm³/mol. The number of benzene rings is 2. The van der Waals surface area contributed by atoms with Gasteiger partial charge in [0.05, 0.1) is 11.4 Å². The molecule has 1 aliphatic heterocycles. The van der Waals surface area contributed by atoms with Gasteiger partial charge in [-0.15, -0.1) is 0 Å². The number of hydrogen-bond acceptors (Lipinski definition) is 3. The van der Waals surface area contributed by atoms with E-state index in [-0.39, 0.29) is 5.91 Å². The number of carbonyl (C=O) groups excluding carboxylic acids is 1. The summed E-state index contributed by atoms with van der Waals surface area (Å²) in [5, 5.41) is 2.91. The minimum absolute atomic E-state index is 0.0714. The van der Waals surface area contributed by atoms with Gasteiger partial charge in [-0.3, -0.25) is 9.79 Å². The molecule has 4 nitrogen and oxygen atoms in total. The summed E-state index contributed by atoms with van der Waals surface area (Å²) in [6, 6.07) is 18.0. The quantitative estimate of drug-likeness (QED) is 0.875. The Morgan fingerprint density at radius 3 is 2.54 bits per heavy atom. The maximum absolute atomic E-state index is 11.9. The zero-order chi connectivity index (χ0) is 17.1. The minimum atomic E-state index is -0.556. The van der Waals surface area contributed by atoms with Gasteiger partial charge >= 0.3 is 0 Å². The standard InChI is InChI=1S/C19H19N3OS/c1-3-16(23)20-18-19(24)22(2)15-12-8-7-11-14(15)17(21-18)13-9-5-4-6-10-13/h4-12,18H,3H2,1-2H3,(H,20,23). The van der Waals surface area contributed by atoms with Crippen LogP contribution in [0.5, 0.6) is 0 Å². The van der Waals surface area contributed by atoms with Crippen LogP contribution in [-0.2, 0) is 4.79 Å². The lowest BCUT2D eigenvalue weighted by atomic mass is 10.0. The molecule has 0 fully saturated rings. The van der Waals surface area contributed by atoms with Gasteiger partial charge in [0.2, 0.25) is 5.91 Å².